The van der Waals surface area contributed by atoms with Gasteiger partial charge in [0.15, 0.2) is 5.76 Å². The molecule has 0 unspecified atom stereocenters. The third-order valence-electron chi connectivity index (χ3n) is 3.78. The number of benzene rings is 1. The van der Waals surface area contributed by atoms with Crippen LogP contribution in [0.3, 0.4) is 0 Å². The van der Waals surface area contributed by atoms with Gasteiger partial charge in [-0.1, -0.05) is 18.2 Å². The molecule has 0 radical (unpaired) electrons. The van der Waals surface area contributed by atoms with E-state index in [9.17, 15) is 4.79 Å². The van der Waals surface area contributed by atoms with E-state index in [-0.39, 0.29) is 6.03 Å². The number of rotatable bonds is 6. The molecule has 0 atom stereocenters. The third-order valence-corrected chi connectivity index (χ3v) is 4.69. The van der Waals surface area contributed by atoms with E-state index in [1.807, 2.05) is 53.9 Å². The maximum absolute atomic E-state index is 11.9. The minimum absolute atomic E-state index is 0.256. The second-order valence-corrected chi connectivity index (χ2v) is 6.60. The van der Waals surface area contributed by atoms with Crippen LogP contribution in [0.15, 0.2) is 64.6 Å². The number of nitrogens with one attached hydrogen (secondary N) is 3. The highest BCUT2D eigenvalue weighted by Gasteiger charge is 2.13. The molecule has 3 N–H and O–H groups in total. The number of para-hydroxylation sites is 1. The van der Waals surface area contributed by atoms with Crippen molar-refractivity contribution in [3.63, 3.8) is 0 Å². The first-order chi connectivity index (χ1) is 13.3. The van der Waals surface area contributed by atoms with Crippen molar-refractivity contribution in [1.29, 1.82) is 0 Å². The summed E-state index contributed by atoms with van der Waals surface area (Å²) >= 11 is 1.58. The first-order valence-corrected chi connectivity index (χ1v) is 9.30. The number of anilines is 2. The van der Waals surface area contributed by atoms with Gasteiger partial charge < -0.3 is 20.4 Å². The number of hydrogen-bond donors (Lipinski definition) is 3. The summed E-state index contributed by atoms with van der Waals surface area (Å²) in [4.78, 5) is 21.0. The summed E-state index contributed by atoms with van der Waals surface area (Å²) < 4.78 is 6.47. The van der Waals surface area contributed by atoms with Crippen LogP contribution in [0.4, 0.5) is 16.4 Å². The number of carbonyl (C=O) groups is 1. The fraction of sp³-hybridized carbons (Fsp3) is 0.105. The van der Waals surface area contributed by atoms with Crippen LogP contribution in [0.1, 0.15) is 0 Å². The lowest BCUT2D eigenvalue weighted by atomic mass is 10.3. The van der Waals surface area contributed by atoms with Crippen molar-refractivity contribution < 1.29 is 9.21 Å². The zero-order valence-electron chi connectivity index (χ0n) is 14.3. The molecule has 1 aromatic carbocycles. The Morgan fingerprint density at radius 2 is 1.93 bits per heavy atom. The van der Waals surface area contributed by atoms with Crippen molar-refractivity contribution in [2.45, 2.75) is 0 Å². The van der Waals surface area contributed by atoms with Gasteiger partial charge in [-0.25, -0.2) is 14.8 Å². The van der Waals surface area contributed by atoms with Crippen LogP contribution in [0.2, 0.25) is 0 Å². The number of furan rings is 1. The van der Waals surface area contributed by atoms with Crippen LogP contribution in [0, 0.1) is 0 Å². The van der Waals surface area contributed by atoms with E-state index >= 15 is 0 Å². The van der Waals surface area contributed by atoms with Crippen LogP contribution in [0.5, 0.6) is 0 Å². The third kappa shape index (κ3) is 4.06. The lowest BCUT2D eigenvalue weighted by Gasteiger charge is -2.09. The molecule has 0 saturated carbocycles. The van der Waals surface area contributed by atoms with Crippen LogP contribution >= 0.6 is 11.3 Å². The Bertz CT molecular complexity index is 1030. The van der Waals surface area contributed by atoms with Crippen LogP contribution in [0.25, 0.3) is 21.7 Å². The lowest BCUT2D eigenvalue weighted by Crippen LogP contribution is -2.32. The molecule has 8 heteroatoms. The van der Waals surface area contributed by atoms with E-state index in [0.29, 0.717) is 24.8 Å². The second-order valence-electron chi connectivity index (χ2n) is 5.68. The van der Waals surface area contributed by atoms with Crippen molar-refractivity contribution in [3.05, 3.63) is 60.2 Å². The van der Waals surface area contributed by atoms with Crippen molar-refractivity contribution in [3.8, 4) is 11.5 Å². The number of carbonyl (C=O) groups excluding carboxylic acids is 1. The molecule has 0 aliphatic carbocycles. The van der Waals surface area contributed by atoms with Gasteiger partial charge in [0.25, 0.3) is 0 Å². The van der Waals surface area contributed by atoms with E-state index in [0.717, 1.165) is 21.6 Å². The van der Waals surface area contributed by atoms with E-state index in [4.69, 9.17) is 4.42 Å². The number of thiophene rings is 1. The molecule has 3 heterocycles. The molecule has 0 aliphatic rings. The maximum Gasteiger partial charge on any atom is 0.319 e. The average Bonchev–Trinajstić information content (AvgIpc) is 3.37. The largest absolute Gasteiger partial charge is 0.463 e. The van der Waals surface area contributed by atoms with Crippen molar-refractivity contribution in [2.24, 2.45) is 0 Å². The Labute approximate surface area is 159 Å². The topological polar surface area (TPSA) is 92.1 Å². The Morgan fingerprint density at radius 1 is 1.04 bits per heavy atom. The van der Waals surface area contributed by atoms with E-state index in [1.54, 1.807) is 17.6 Å². The molecule has 0 spiro atoms. The van der Waals surface area contributed by atoms with Gasteiger partial charge in [0.2, 0.25) is 5.95 Å². The van der Waals surface area contributed by atoms with E-state index in [1.165, 1.54) is 0 Å². The van der Waals surface area contributed by atoms with Gasteiger partial charge in [-0.15, -0.1) is 11.3 Å². The second kappa shape index (κ2) is 7.88. The first kappa shape index (κ1) is 17.0. The lowest BCUT2D eigenvalue weighted by molar-refractivity contribution is 0.252. The number of amides is 2. The zero-order valence-corrected chi connectivity index (χ0v) is 15.1. The fourth-order valence-corrected chi connectivity index (χ4v) is 3.40. The molecule has 3 aromatic heterocycles. The highest BCUT2D eigenvalue weighted by atomic mass is 32.1. The number of aromatic nitrogens is 2. The molecule has 0 bridgehead atoms. The van der Waals surface area contributed by atoms with Gasteiger partial charge in [0.1, 0.15) is 5.69 Å². The highest BCUT2D eigenvalue weighted by Crippen LogP contribution is 2.31. The predicted octanol–water partition coefficient (Wildman–Crippen LogP) is 4.18. The van der Waals surface area contributed by atoms with Crippen molar-refractivity contribution in [2.75, 3.05) is 23.7 Å². The normalized spacial score (nSPS) is 10.7. The predicted molar refractivity (Wildman–Crippen MR) is 107 cm³/mol. The van der Waals surface area contributed by atoms with Crippen LogP contribution < -0.4 is 16.0 Å². The molecule has 2 amide bonds. The molecule has 27 heavy (non-hydrogen) atoms. The summed E-state index contributed by atoms with van der Waals surface area (Å²) in [6, 6.07) is 14.7. The van der Waals surface area contributed by atoms with Gasteiger partial charge in [-0.2, -0.15) is 0 Å². The van der Waals surface area contributed by atoms with Crippen molar-refractivity contribution >= 4 is 39.2 Å². The molecular formula is C19H17N5O2S. The summed E-state index contributed by atoms with van der Waals surface area (Å²) in [6.07, 6.45) is 1.62. The first-order valence-electron chi connectivity index (χ1n) is 8.42. The smallest absolute Gasteiger partial charge is 0.319 e. The van der Waals surface area contributed by atoms with E-state index < -0.39 is 0 Å². The summed E-state index contributed by atoms with van der Waals surface area (Å²) in [5, 5.41) is 10.7. The molecule has 7 nitrogen and oxygen atoms in total. The zero-order chi connectivity index (χ0) is 18.5. The van der Waals surface area contributed by atoms with E-state index in [2.05, 4.69) is 25.9 Å². The molecule has 136 valence electrons. The standard InChI is InChI=1S/C19H17N5O2S/c25-19(22-13-5-2-1-3-6-13)21-10-9-20-18-23-14-8-12-27-17(14)16(24-18)15-7-4-11-26-15/h1-8,11-12H,9-10H2,(H,20,23,24)(H2,21,22,25). The average molecular weight is 379 g/mol. The van der Waals surface area contributed by atoms with Gasteiger partial charge in [0, 0.05) is 18.8 Å². The van der Waals surface area contributed by atoms with Gasteiger partial charge in [0.05, 0.1) is 16.5 Å². The van der Waals surface area contributed by atoms with Crippen LogP contribution in [-0.2, 0) is 0 Å². The van der Waals surface area contributed by atoms with Crippen LogP contribution in [-0.4, -0.2) is 29.1 Å². The minimum atomic E-state index is -0.256. The Balaban J connectivity index is 1.36. The summed E-state index contributed by atoms with van der Waals surface area (Å²) in [7, 11) is 0. The molecule has 0 fully saturated rings. The van der Waals surface area contributed by atoms with Gasteiger partial charge in [-0.3, -0.25) is 0 Å². The quantitative estimate of drug-likeness (QED) is 0.437. The summed E-state index contributed by atoms with van der Waals surface area (Å²) in [6.45, 7) is 0.926. The number of nitrogens with zero attached hydrogens (tertiary/aromatic N) is 2. The number of hydrogen-bond acceptors (Lipinski definition) is 6. The van der Waals surface area contributed by atoms with Gasteiger partial charge in [-0.05, 0) is 35.7 Å². The molecular weight excluding hydrogens is 362 g/mol. The monoisotopic (exact) mass is 379 g/mol. The molecule has 4 rings (SSSR count). The summed E-state index contributed by atoms with van der Waals surface area (Å²) in [5.74, 6) is 1.20. The maximum atomic E-state index is 11.9. The Morgan fingerprint density at radius 3 is 2.74 bits per heavy atom. The minimum Gasteiger partial charge on any atom is -0.463 e. The summed E-state index contributed by atoms with van der Waals surface area (Å²) in [5.41, 5.74) is 2.37. The fourth-order valence-electron chi connectivity index (χ4n) is 2.57. The molecule has 0 aliphatic heterocycles. The van der Waals surface area contributed by atoms with Gasteiger partial charge >= 0.3 is 6.03 Å². The highest BCUT2D eigenvalue weighted by molar-refractivity contribution is 7.17. The Hall–Kier alpha value is -3.39. The molecule has 4 aromatic rings. The number of urea groups is 1. The SMILES string of the molecule is O=C(NCCNc1nc(-c2ccco2)c2sccc2n1)Nc1ccccc1. The Kier molecular flexibility index (Phi) is 4.97. The van der Waals surface area contributed by atoms with Crippen molar-refractivity contribution in [1.82, 2.24) is 15.3 Å². The number of fused-ring (bicyclic) bond motifs is 1. The molecule has 0 saturated heterocycles.